The second kappa shape index (κ2) is 8.61. The van der Waals surface area contributed by atoms with E-state index in [-0.39, 0.29) is 6.17 Å². The lowest BCUT2D eigenvalue weighted by molar-refractivity contribution is 0.745. The normalized spacial score (nSPS) is 21.6. The summed E-state index contributed by atoms with van der Waals surface area (Å²) in [6.45, 7) is 0. The molecule has 1 aliphatic carbocycles. The van der Waals surface area contributed by atoms with Gasteiger partial charge in [0.15, 0.2) is 6.17 Å². The summed E-state index contributed by atoms with van der Waals surface area (Å²) in [5.74, 6) is 2.00. The minimum Gasteiger partial charge on any atom is -0.310 e. The zero-order valence-electron chi connectivity index (χ0n) is 20.5. The smallest absolute Gasteiger partial charge is 0.211 e. The van der Waals surface area contributed by atoms with E-state index in [1.54, 1.807) is 0 Å². The Labute approximate surface area is 225 Å². The van der Waals surface area contributed by atoms with Crippen molar-refractivity contribution in [3.8, 4) is 0 Å². The summed E-state index contributed by atoms with van der Waals surface area (Å²) in [5, 5.41) is 6.64. The number of nitrogens with zero attached hydrogens (tertiary/aromatic N) is 3. The third-order valence-corrected chi connectivity index (χ3v) is 8.93. The second-order valence-electron chi connectivity index (χ2n) is 9.81. The van der Waals surface area contributed by atoms with Gasteiger partial charge in [-0.25, -0.2) is 9.98 Å². The van der Waals surface area contributed by atoms with Crippen molar-refractivity contribution in [1.29, 1.82) is 0 Å². The van der Waals surface area contributed by atoms with Crippen molar-refractivity contribution in [3.05, 3.63) is 138 Å². The van der Waals surface area contributed by atoms with E-state index in [1.807, 2.05) is 48.2 Å². The topological polar surface area (TPSA) is 41.7 Å². The number of aliphatic imine (C=N–C) groups is 2. The molecule has 0 bridgehead atoms. The molecular weight excluding hydrogens is 484 g/mol. The van der Waals surface area contributed by atoms with Crippen LogP contribution in [0, 0.1) is 0 Å². The Morgan fingerprint density at radius 1 is 0.711 bits per heavy atom. The zero-order valence-corrected chi connectivity index (χ0v) is 21.3. The Morgan fingerprint density at radius 3 is 2.34 bits per heavy atom. The highest BCUT2D eigenvalue weighted by Gasteiger charge is 2.34. The van der Waals surface area contributed by atoms with Crippen LogP contribution in [0.3, 0.4) is 0 Å². The number of rotatable bonds is 2. The van der Waals surface area contributed by atoms with E-state index in [2.05, 4.69) is 94.9 Å². The molecule has 3 aliphatic rings. The molecule has 0 radical (unpaired) electrons. The van der Waals surface area contributed by atoms with Gasteiger partial charge in [0.05, 0.1) is 11.0 Å². The highest BCUT2D eigenvalue weighted by molar-refractivity contribution is 8.00. The lowest BCUT2D eigenvalue weighted by Crippen LogP contribution is -2.39. The first kappa shape index (κ1) is 21.7. The van der Waals surface area contributed by atoms with E-state index in [0.29, 0.717) is 11.2 Å². The molecule has 2 aliphatic heterocycles. The molecular formula is C33H24N4S. The lowest BCUT2D eigenvalue weighted by atomic mass is 9.89. The lowest BCUT2D eigenvalue weighted by Gasteiger charge is -2.23. The summed E-state index contributed by atoms with van der Waals surface area (Å²) in [5.41, 5.74) is 5.86. The molecule has 1 N–H and O–H groups in total. The number of nitrogens with one attached hydrogen (secondary N) is 1. The molecule has 5 heteroatoms. The molecule has 8 rings (SSSR count). The van der Waals surface area contributed by atoms with Crippen LogP contribution in [0.1, 0.15) is 28.8 Å². The zero-order chi connectivity index (χ0) is 25.1. The SMILES string of the molecule is C1=CC2Sc3ccc4c(c3C2C=C1)c1ccccc1n4C1=NC(c2ccccc2)N=C(c2ccccc2)N1. The number of benzene rings is 4. The molecule has 0 amide bonds. The third kappa shape index (κ3) is 3.32. The van der Waals surface area contributed by atoms with Crippen LogP contribution in [0.25, 0.3) is 21.8 Å². The Bertz CT molecular complexity index is 1830. The van der Waals surface area contributed by atoms with Crippen LogP contribution in [0.5, 0.6) is 0 Å². The van der Waals surface area contributed by atoms with Crippen molar-refractivity contribution in [2.24, 2.45) is 9.98 Å². The molecule has 38 heavy (non-hydrogen) atoms. The molecule has 5 aromatic rings. The van der Waals surface area contributed by atoms with E-state index in [0.717, 1.165) is 28.4 Å². The van der Waals surface area contributed by atoms with Crippen molar-refractivity contribution in [2.75, 3.05) is 0 Å². The maximum absolute atomic E-state index is 5.20. The minimum absolute atomic E-state index is 0.334. The molecule has 0 saturated heterocycles. The molecule has 0 fully saturated rings. The van der Waals surface area contributed by atoms with Gasteiger partial charge in [-0.1, -0.05) is 103 Å². The average molecular weight is 509 g/mol. The summed E-state index contributed by atoms with van der Waals surface area (Å²) in [4.78, 5) is 11.6. The van der Waals surface area contributed by atoms with Gasteiger partial charge in [-0.05, 0) is 29.3 Å². The summed E-state index contributed by atoms with van der Waals surface area (Å²) in [7, 11) is 0. The fourth-order valence-electron chi connectivity index (χ4n) is 5.90. The maximum Gasteiger partial charge on any atom is 0.211 e. The Morgan fingerprint density at radius 2 is 1.47 bits per heavy atom. The number of amidine groups is 1. The van der Waals surface area contributed by atoms with Gasteiger partial charge in [-0.3, -0.25) is 4.57 Å². The highest BCUT2D eigenvalue weighted by Crippen LogP contribution is 2.52. The predicted molar refractivity (Wildman–Crippen MR) is 158 cm³/mol. The van der Waals surface area contributed by atoms with Crippen LogP contribution < -0.4 is 5.32 Å². The Kier molecular flexibility index (Phi) is 4.92. The molecule has 3 unspecified atom stereocenters. The average Bonchev–Trinajstić information content (AvgIpc) is 3.53. The van der Waals surface area contributed by atoms with Crippen molar-refractivity contribution in [3.63, 3.8) is 0 Å². The van der Waals surface area contributed by atoms with Crippen molar-refractivity contribution in [1.82, 2.24) is 9.88 Å². The molecule has 3 heterocycles. The first-order valence-corrected chi connectivity index (χ1v) is 13.8. The Balaban J connectivity index is 1.37. The monoisotopic (exact) mass is 508 g/mol. The van der Waals surface area contributed by atoms with Gasteiger partial charge >= 0.3 is 0 Å². The first-order chi connectivity index (χ1) is 18.8. The van der Waals surface area contributed by atoms with Crippen LogP contribution >= 0.6 is 11.8 Å². The van der Waals surface area contributed by atoms with Crippen LogP contribution in [0.2, 0.25) is 0 Å². The quantitative estimate of drug-likeness (QED) is 0.269. The minimum atomic E-state index is -0.334. The van der Waals surface area contributed by atoms with E-state index in [9.17, 15) is 0 Å². The number of thioether (sulfide) groups is 1. The van der Waals surface area contributed by atoms with E-state index in [4.69, 9.17) is 9.98 Å². The fraction of sp³-hybridized carbons (Fsp3) is 0.0909. The number of hydrogen-bond donors (Lipinski definition) is 1. The van der Waals surface area contributed by atoms with E-state index < -0.39 is 0 Å². The summed E-state index contributed by atoms with van der Waals surface area (Å²) < 4.78 is 2.29. The largest absolute Gasteiger partial charge is 0.310 e. The van der Waals surface area contributed by atoms with Crippen LogP contribution in [-0.2, 0) is 0 Å². The molecule has 0 spiro atoms. The number of hydrogen-bond acceptors (Lipinski definition) is 4. The molecule has 182 valence electrons. The molecule has 1 aromatic heterocycles. The number of allylic oxidation sites excluding steroid dienone is 3. The van der Waals surface area contributed by atoms with Gasteiger partial charge in [0, 0.05) is 32.4 Å². The third-order valence-electron chi connectivity index (χ3n) is 7.60. The van der Waals surface area contributed by atoms with E-state index in [1.165, 1.54) is 26.7 Å². The fourth-order valence-corrected chi connectivity index (χ4v) is 7.25. The molecule has 0 saturated carbocycles. The molecule has 3 atom stereocenters. The van der Waals surface area contributed by atoms with Crippen molar-refractivity contribution in [2.45, 2.75) is 22.2 Å². The summed E-state index contributed by atoms with van der Waals surface area (Å²) in [6.07, 6.45) is 8.72. The van der Waals surface area contributed by atoms with Crippen LogP contribution in [0.4, 0.5) is 0 Å². The number of aromatic nitrogens is 1. The molecule has 4 aromatic carbocycles. The second-order valence-corrected chi connectivity index (χ2v) is 11.0. The first-order valence-electron chi connectivity index (χ1n) is 13.0. The van der Waals surface area contributed by atoms with Crippen molar-refractivity contribution >= 4 is 45.4 Å². The highest BCUT2D eigenvalue weighted by atomic mass is 32.2. The van der Waals surface area contributed by atoms with Crippen LogP contribution in [0.15, 0.2) is 136 Å². The van der Waals surface area contributed by atoms with Crippen molar-refractivity contribution < 1.29 is 0 Å². The van der Waals surface area contributed by atoms with Gasteiger partial charge in [0.2, 0.25) is 5.96 Å². The van der Waals surface area contributed by atoms with Gasteiger partial charge in [-0.2, -0.15) is 0 Å². The standard InChI is InChI=1S/C33H24N4S/c1-3-11-21(12-4-1)31-34-32(22-13-5-2-6-14-22)36-33(35-31)37-25-17-9-7-15-23(25)29-26(37)19-20-28-30(29)24-16-8-10-18-27(24)38-28/h1-20,24,27,31H,(H,34,35,36). The van der Waals surface area contributed by atoms with Gasteiger partial charge in [0.1, 0.15) is 5.84 Å². The molecule has 4 nitrogen and oxygen atoms in total. The predicted octanol–water partition coefficient (Wildman–Crippen LogP) is 7.43. The number of para-hydroxylation sites is 1. The Hall–Kier alpha value is -4.35. The van der Waals surface area contributed by atoms with Gasteiger partial charge in [0.25, 0.3) is 0 Å². The van der Waals surface area contributed by atoms with Gasteiger partial charge in [-0.15, -0.1) is 11.8 Å². The van der Waals surface area contributed by atoms with E-state index >= 15 is 0 Å². The number of fused-ring (bicyclic) bond motifs is 7. The van der Waals surface area contributed by atoms with Gasteiger partial charge < -0.3 is 5.32 Å². The summed E-state index contributed by atoms with van der Waals surface area (Å²) in [6, 6.07) is 33.9. The summed E-state index contributed by atoms with van der Waals surface area (Å²) >= 11 is 1.97. The van der Waals surface area contributed by atoms with Crippen LogP contribution in [-0.4, -0.2) is 21.6 Å². The maximum atomic E-state index is 5.20.